The van der Waals surface area contributed by atoms with E-state index in [4.69, 9.17) is 0 Å². The van der Waals surface area contributed by atoms with Crippen molar-refractivity contribution in [2.45, 2.75) is 12.7 Å². The average Bonchev–Trinajstić information content (AvgIpc) is 2.14. The van der Waals surface area contributed by atoms with Crippen molar-refractivity contribution in [1.29, 1.82) is 0 Å². The molecule has 0 aliphatic rings. The number of halogens is 3. The molecule has 0 aromatic heterocycles. The zero-order valence-electron chi connectivity index (χ0n) is 7.47. The van der Waals surface area contributed by atoms with E-state index in [2.05, 4.69) is 0 Å². The highest BCUT2D eigenvalue weighted by molar-refractivity contribution is 5.61. The molecule has 0 atom stereocenters. The van der Waals surface area contributed by atoms with Crippen molar-refractivity contribution in [3.63, 3.8) is 0 Å². The molecule has 0 aliphatic carbocycles. The van der Waals surface area contributed by atoms with Crippen molar-refractivity contribution < 1.29 is 23.1 Å². The summed E-state index contributed by atoms with van der Waals surface area (Å²) < 4.78 is 36.3. The van der Waals surface area contributed by atoms with Crippen molar-refractivity contribution in [1.82, 2.24) is 5.32 Å². The molecule has 0 fully saturated rings. The number of alkyl halides is 3. The number of hydrogen-bond donors (Lipinski definition) is 1. The minimum absolute atomic E-state index is 0.0690. The first kappa shape index (κ1) is 11.4. The normalized spacial score (nSPS) is 11.1. The summed E-state index contributed by atoms with van der Waals surface area (Å²) in [4.78, 5) is 10.00. The average molecular weight is 218 g/mol. The quantitative estimate of drug-likeness (QED) is 0.809. The molecular formula is C9H7F3NO2-. The number of carboxylic acid groups (broad SMARTS) is 1. The summed E-state index contributed by atoms with van der Waals surface area (Å²) in [5.41, 5.74) is -0.327. The van der Waals surface area contributed by atoms with E-state index in [0.29, 0.717) is 5.56 Å². The Morgan fingerprint density at radius 3 is 2.20 bits per heavy atom. The zero-order chi connectivity index (χ0) is 11.5. The number of benzene rings is 1. The molecule has 0 saturated heterocycles. The Morgan fingerprint density at radius 1 is 1.27 bits per heavy atom. The molecule has 1 N–H and O–H groups in total. The predicted octanol–water partition coefficient (Wildman–Crippen LogP) is 1.14. The first-order chi connectivity index (χ1) is 6.89. The molecule has 0 unspecified atom stereocenters. The van der Waals surface area contributed by atoms with Gasteiger partial charge in [0.1, 0.15) is 6.09 Å². The number of carbonyl (C=O) groups excluding carboxylic acids is 1. The number of carbonyl (C=O) groups is 1. The summed E-state index contributed by atoms with van der Waals surface area (Å²) in [6.07, 6.45) is -5.84. The summed E-state index contributed by atoms with van der Waals surface area (Å²) in [7, 11) is 0. The number of nitrogens with one attached hydrogen (secondary N) is 1. The lowest BCUT2D eigenvalue weighted by atomic mass is 10.1. The van der Waals surface area contributed by atoms with Crippen LogP contribution < -0.4 is 10.4 Å². The van der Waals surface area contributed by atoms with Gasteiger partial charge in [-0.3, -0.25) is 0 Å². The van der Waals surface area contributed by atoms with Crippen LogP contribution in [0.5, 0.6) is 0 Å². The third-order valence-corrected chi connectivity index (χ3v) is 1.72. The van der Waals surface area contributed by atoms with E-state index >= 15 is 0 Å². The molecule has 3 nitrogen and oxygen atoms in total. The molecule has 82 valence electrons. The van der Waals surface area contributed by atoms with Crippen LogP contribution in [0, 0.1) is 0 Å². The fourth-order valence-corrected chi connectivity index (χ4v) is 0.986. The van der Waals surface area contributed by atoms with Gasteiger partial charge in [-0.15, -0.1) is 0 Å². The van der Waals surface area contributed by atoms with Gasteiger partial charge in [0.2, 0.25) is 0 Å². The molecule has 0 heterocycles. The molecule has 15 heavy (non-hydrogen) atoms. The second kappa shape index (κ2) is 4.20. The van der Waals surface area contributed by atoms with Crippen LogP contribution in [0.3, 0.4) is 0 Å². The highest BCUT2D eigenvalue weighted by atomic mass is 19.4. The van der Waals surface area contributed by atoms with Gasteiger partial charge in [-0.25, -0.2) is 0 Å². The molecule has 0 radical (unpaired) electrons. The van der Waals surface area contributed by atoms with Gasteiger partial charge in [0.15, 0.2) is 0 Å². The summed E-state index contributed by atoms with van der Waals surface area (Å²) in [5, 5.41) is 11.9. The van der Waals surface area contributed by atoms with Gasteiger partial charge in [-0.05, 0) is 17.7 Å². The third-order valence-electron chi connectivity index (χ3n) is 1.72. The van der Waals surface area contributed by atoms with Gasteiger partial charge < -0.3 is 15.2 Å². The van der Waals surface area contributed by atoms with Crippen LogP contribution in [0.1, 0.15) is 11.1 Å². The van der Waals surface area contributed by atoms with Crippen LogP contribution in [-0.2, 0) is 12.7 Å². The predicted molar refractivity (Wildman–Crippen MR) is 43.7 cm³/mol. The molecule has 0 saturated carbocycles. The summed E-state index contributed by atoms with van der Waals surface area (Å²) in [5.74, 6) is 0. The second-order valence-electron chi connectivity index (χ2n) is 2.84. The van der Waals surface area contributed by atoms with Crippen molar-refractivity contribution in [3.05, 3.63) is 35.4 Å². The lowest BCUT2D eigenvalue weighted by Gasteiger charge is -2.09. The molecule has 0 spiro atoms. The standard InChI is InChI=1S/C9H8F3NO2/c10-9(11,12)7-3-1-6(2-4-7)5-13-8(14)15/h1-4,13H,5H2,(H,14,15)/p-1. The molecule has 1 aromatic rings. The number of hydrogen-bond acceptors (Lipinski definition) is 2. The van der Waals surface area contributed by atoms with E-state index < -0.39 is 17.8 Å². The van der Waals surface area contributed by atoms with Crippen LogP contribution in [0.15, 0.2) is 24.3 Å². The van der Waals surface area contributed by atoms with E-state index in [-0.39, 0.29) is 6.54 Å². The maximum absolute atomic E-state index is 12.1. The molecule has 0 bridgehead atoms. The van der Waals surface area contributed by atoms with Gasteiger partial charge >= 0.3 is 6.18 Å². The minimum atomic E-state index is -4.37. The number of amides is 1. The third kappa shape index (κ3) is 3.49. The van der Waals surface area contributed by atoms with E-state index in [0.717, 1.165) is 12.1 Å². The smallest absolute Gasteiger partial charge is 0.416 e. The Labute approximate surface area is 83.5 Å². The maximum Gasteiger partial charge on any atom is 0.416 e. The topological polar surface area (TPSA) is 52.2 Å². The Hall–Kier alpha value is -1.72. The lowest BCUT2D eigenvalue weighted by molar-refractivity contribution is -0.251. The Balaban J connectivity index is 2.69. The van der Waals surface area contributed by atoms with Crippen molar-refractivity contribution >= 4 is 6.09 Å². The molecule has 6 heteroatoms. The minimum Gasteiger partial charge on any atom is -0.530 e. The highest BCUT2D eigenvalue weighted by Crippen LogP contribution is 2.28. The van der Waals surface area contributed by atoms with E-state index in [1.54, 1.807) is 0 Å². The van der Waals surface area contributed by atoms with Crippen LogP contribution in [0.2, 0.25) is 0 Å². The van der Waals surface area contributed by atoms with Crippen LogP contribution in [-0.4, -0.2) is 6.09 Å². The summed E-state index contributed by atoms with van der Waals surface area (Å²) in [6, 6.07) is 4.20. The van der Waals surface area contributed by atoms with E-state index in [1.165, 1.54) is 12.1 Å². The first-order valence-corrected chi connectivity index (χ1v) is 4.00. The van der Waals surface area contributed by atoms with Crippen molar-refractivity contribution in [2.75, 3.05) is 0 Å². The van der Waals surface area contributed by atoms with E-state index in [1.807, 2.05) is 5.32 Å². The van der Waals surface area contributed by atoms with Gasteiger partial charge in [-0.2, -0.15) is 13.2 Å². The first-order valence-electron chi connectivity index (χ1n) is 4.00. The number of rotatable bonds is 2. The lowest BCUT2D eigenvalue weighted by Crippen LogP contribution is -2.35. The fraction of sp³-hybridized carbons (Fsp3) is 0.222. The fourth-order valence-electron chi connectivity index (χ4n) is 0.986. The van der Waals surface area contributed by atoms with Crippen LogP contribution in [0.4, 0.5) is 18.0 Å². The van der Waals surface area contributed by atoms with Gasteiger partial charge in [0.25, 0.3) is 0 Å². The SMILES string of the molecule is O=C([O-])NCc1ccc(C(F)(F)F)cc1. The van der Waals surface area contributed by atoms with Crippen molar-refractivity contribution in [3.8, 4) is 0 Å². The molecule has 0 aliphatic heterocycles. The summed E-state index contributed by atoms with van der Waals surface area (Å²) in [6.45, 7) is -0.0690. The summed E-state index contributed by atoms with van der Waals surface area (Å²) >= 11 is 0. The van der Waals surface area contributed by atoms with Gasteiger partial charge in [-0.1, -0.05) is 12.1 Å². The Kier molecular flexibility index (Phi) is 3.18. The van der Waals surface area contributed by atoms with Gasteiger partial charge in [0, 0.05) is 6.54 Å². The maximum atomic E-state index is 12.1. The second-order valence-corrected chi connectivity index (χ2v) is 2.84. The zero-order valence-corrected chi connectivity index (χ0v) is 7.47. The molecule has 1 aromatic carbocycles. The van der Waals surface area contributed by atoms with Crippen molar-refractivity contribution in [2.24, 2.45) is 0 Å². The van der Waals surface area contributed by atoms with Crippen LogP contribution in [0.25, 0.3) is 0 Å². The Morgan fingerprint density at radius 2 is 1.80 bits per heavy atom. The van der Waals surface area contributed by atoms with Crippen LogP contribution >= 0.6 is 0 Å². The van der Waals surface area contributed by atoms with Gasteiger partial charge in [0.05, 0.1) is 5.56 Å². The molecular weight excluding hydrogens is 211 g/mol. The monoisotopic (exact) mass is 218 g/mol. The largest absolute Gasteiger partial charge is 0.530 e. The molecule has 1 amide bonds. The Bertz CT molecular complexity index is 345. The molecule has 1 rings (SSSR count). The highest BCUT2D eigenvalue weighted by Gasteiger charge is 2.29. The van der Waals surface area contributed by atoms with E-state index in [9.17, 15) is 23.1 Å².